The Labute approximate surface area is 250 Å². The Balaban J connectivity index is 1.28. The second-order valence-electron chi connectivity index (χ2n) is 10.7. The molecule has 10 nitrogen and oxygen atoms in total. The Morgan fingerprint density at radius 1 is 0.907 bits per heavy atom. The molecule has 0 aliphatic carbocycles. The van der Waals surface area contributed by atoms with E-state index in [1.165, 1.54) is 23.5 Å². The summed E-state index contributed by atoms with van der Waals surface area (Å²) in [5.74, 6) is 0.903. The van der Waals surface area contributed by atoms with E-state index in [-0.39, 0.29) is 42.3 Å². The highest BCUT2D eigenvalue weighted by Gasteiger charge is 2.17. The zero-order chi connectivity index (χ0) is 30.2. The van der Waals surface area contributed by atoms with Gasteiger partial charge in [0.1, 0.15) is 29.4 Å². The first-order valence-corrected chi connectivity index (χ1v) is 14.8. The third-order valence-corrected chi connectivity index (χ3v) is 7.78. The molecule has 0 radical (unpaired) electrons. The average Bonchev–Trinajstić information content (AvgIpc) is 3.54. The number of fused-ring (bicyclic) bond motifs is 1. The molecule has 1 aliphatic heterocycles. The third kappa shape index (κ3) is 7.26. The van der Waals surface area contributed by atoms with Gasteiger partial charge in [-0.2, -0.15) is 0 Å². The lowest BCUT2D eigenvalue weighted by atomic mass is 10.2. The first kappa shape index (κ1) is 29.9. The molecule has 1 saturated heterocycles. The number of amides is 1. The molecule has 1 aromatic heterocycles. The summed E-state index contributed by atoms with van der Waals surface area (Å²) in [6.07, 6.45) is 4.76. The van der Waals surface area contributed by atoms with E-state index in [0.717, 1.165) is 42.6 Å². The predicted molar refractivity (Wildman–Crippen MR) is 166 cm³/mol. The highest BCUT2D eigenvalue weighted by Crippen LogP contribution is 2.25. The predicted octanol–water partition coefficient (Wildman–Crippen LogP) is 4.21. The van der Waals surface area contributed by atoms with Crippen LogP contribution in [0.3, 0.4) is 0 Å². The topological polar surface area (TPSA) is 115 Å². The van der Waals surface area contributed by atoms with Gasteiger partial charge in [-0.1, -0.05) is 30.3 Å². The van der Waals surface area contributed by atoms with Crippen LogP contribution < -0.4 is 26.0 Å². The summed E-state index contributed by atoms with van der Waals surface area (Å²) in [5.41, 5.74) is 0.411. The Bertz CT molecular complexity index is 1670. The fraction of sp³-hybridized carbons (Fsp3) is 0.364. The molecule has 226 valence electrons. The van der Waals surface area contributed by atoms with Crippen molar-refractivity contribution >= 4 is 22.5 Å². The second kappa shape index (κ2) is 14.1. The maximum atomic E-state index is 13.6. The van der Waals surface area contributed by atoms with Crippen LogP contribution in [0.2, 0.25) is 0 Å². The van der Waals surface area contributed by atoms with Gasteiger partial charge in [0.05, 0.1) is 31.3 Å². The van der Waals surface area contributed by atoms with Crippen LogP contribution in [-0.2, 0) is 17.9 Å². The van der Waals surface area contributed by atoms with Crippen LogP contribution in [0.15, 0.2) is 76.3 Å². The highest BCUT2D eigenvalue weighted by molar-refractivity contribution is 5.92. The van der Waals surface area contributed by atoms with E-state index in [1.54, 1.807) is 55.6 Å². The molecule has 0 saturated carbocycles. The maximum absolute atomic E-state index is 13.6. The lowest BCUT2D eigenvalue weighted by Crippen LogP contribution is -2.41. The van der Waals surface area contributed by atoms with E-state index in [2.05, 4.69) is 10.2 Å². The van der Waals surface area contributed by atoms with Crippen LogP contribution in [0.5, 0.6) is 17.2 Å². The number of phenolic OH excluding ortho intramolecular Hbond substituents is 1. The molecule has 1 fully saturated rings. The molecule has 10 heteroatoms. The molecular formula is C33H38N4O6. The molecule has 0 bridgehead atoms. The number of carbonyl (C=O) groups is 1. The lowest BCUT2D eigenvalue weighted by Gasteiger charge is -2.17. The van der Waals surface area contributed by atoms with Gasteiger partial charge in [0.15, 0.2) is 0 Å². The zero-order valence-corrected chi connectivity index (χ0v) is 24.5. The number of phenols is 1. The molecule has 0 spiro atoms. The summed E-state index contributed by atoms with van der Waals surface area (Å²) in [6.45, 7) is 3.52. The van der Waals surface area contributed by atoms with Gasteiger partial charge in [-0.3, -0.25) is 18.7 Å². The number of rotatable bonds is 13. The van der Waals surface area contributed by atoms with E-state index < -0.39 is 11.2 Å². The molecule has 43 heavy (non-hydrogen) atoms. The van der Waals surface area contributed by atoms with Crippen molar-refractivity contribution in [1.29, 1.82) is 0 Å². The van der Waals surface area contributed by atoms with Crippen molar-refractivity contribution < 1.29 is 19.4 Å². The quantitative estimate of drug-likeness (QED) is 0.226. The number of nitrogens with zero attached hydrogens (tertiary/aromatic N) is 3. The monoisotopic (exact) mass is 586 g/mol. The third-order valence-electron chi connectivity index (χ3n) is 7.78. The summed E-state index contributed by atoms with van der Waals surface area (Å²) in [6, 6.07) is 18.9. The van der Waals surface area contributed by atoms with Crippen LogP contribution >= 0.6 is 0 Å². The van der Waals surface area contributed by atoms with E-state index in [1.807, 2.05) is 12.1 Å². The van der Waals surface area contributed by atoms with Crippen LogP contribution in [0, 0.1) is 0 Å². The molecule has 0 unspecified atom stereocenters. The van der Waals surface area contributed by atoms with Gasteiger partial charge in [0, 0.05) is 6.42 Å². The molecule has 5 rings (SSSR count). The van der Waals surface area contributed by atoms with Crippen LogP contribution in [0.1, 0.15) is 37.7 Å². The van der Waals surface area contributed by atoms with Crippen LogP contribution in [-0.4, -0.2) is 58.4 Å². The summed E-state index contributed by atoms with van der Waals surface area (Å²) in [4.78, 5) is 42.0. The molecular weight excluding hydrogens is 548 g/mol. The molecule has 1 amide bonds. The van der Waals surface area contributed by atoms with Crippen LogP contribution in [0.25, 0.3) is 10.9 Å². The molecule has 2 heterocycles. The van der Waals surface area contributed by atoms with Gasteiger partial charge in [-0.25, -0.2) is 4.79 Å². The van der Waals surface area contributed by atoms with Crippen molar-refractivity contribution in [2.75, 3.05) is 38.7 Å². The number of benzene rings is 3. The number of para-hydroxylation sites is 3. The molecule has 0 atom stereocenters. The SMILES string of the molecule is COc1ccc(Cn2c(=O)c3cccc(O)c3n(CCOc3ccccc3NC(=O)CCCCN3CCCC3)c2=O)cc1. The fourth-order valence-electron chi connectivity index (χ4n) is 5.50. The first-order valence-electron chi connectivity index (χ1n) is 14.8. The number of unbranched alkanes of at least 4 members (excludes halogenated alkanes) is 1. The second-order valence-corrected chi connectivity index (χ2v) is 10.7. The molecule has 1 aliphatic rings. The van der Waals surface area contributed by atoms with E-state index in [9.17, 15) is 19.5 Å². The standard InChI is InChI=1S/C33H38N4O6/c1-42-25-16-14-24(15-17-25)23-37-32(40)26-9-8-11-28(38)31(26)36(33(37)41)21-22-43-29-12-3-2-10-27(29)34-30(39)13-4-5-18-35-19-6-7-20-35/h2-3,8-12,14-17,38H,4-7,13,18-23H2,1H3,(H,34,39). The van der Waals surface area contributed by atoms with Crippen molar-refractivity contribution in [3.63, 3.8) is 0 Å². The lowest BCUT2D eigenvalue weighted by molar-refractivity contribution is -0.116. The van der Waals surface area contributed by atoms with E-state index in [0.29, 0.717) is 23.6 Å². The molecule has 4 aromatic rings. The largest absolute Gasteiger partial charge is 0.506 e. The summed E-state index contributed by atoms with van der Waals surface area (Å²) in [5, 5.41) is 13.8. The maximum Gasteiger partial charge on any atom is 0.332 e. The van der Waals surface area contributed by atoms with Gasteiger partial charge in [0.2, 0.25) is 5.91 Å². The average molecular weight is 587 g/mol. The van der Waals surface area contributed by atoms with Crippen molar-refractivity contribution in [2.24, 2.45) is 0 Å². The van der Waals surface area contributed by atoms with Gasteiger partial charge in [-0.15, -0.1) is 0 Å². The molecule has 3 aromatic carbocycles. The van der Waals surface area contributed by atoms with Crippen molar-refractivity contribution in [3.05, 3.63) is 93.1 Å². The van der Waals surface area contributed by atoms with E-state index in [4.69, 9.17) is 9.47 Å². The summed E-state index contributed by atoms with van der Waals surface area (Å²) < 4.78 is 13.7. The minimum absolute atomic E-state index is 0.0566. The smallest absolute Gasteiger partial charge is 0.332 e. The minimum Gasteiger partial charge on any atom is -0.506 e. The number of methoxy groups -OCH3 is 1. The Morgan fingerprint density at radius 2 is 1.67 bits per heavy atom. The van der Waals surface area contributed by atoms with Gasteiger partial charge >= 0.3 is 5.69 Å². The van der Waals surface area contributed by atoms with Crippen molar-refractivity contribution in [1.82, 2.24) is 14.0 Å². The highest BCUT2D eigenvalue weighted by atomic mass is 16.5. The number of hydrogen-bond acceptors (Lipinski definition) is 7. The van der Waals surface area contributed by atoms with Gasteiger partial charge < -0.3 is 24.8 Å². The number of hydrogen-bond donors (Lipinski definition) is 2. The van der Waals surface area contributed by atoms with Gasteiger partial charge in [0.25, 0.3) is 5.56 Å². The molecule has 2 N–H and O–H groups in total. The number of nitrogens with one attached hydrogen (secondary N) is 1. The number of aromatic nitrogens is 2. The minimum atomic E-state index is -0.561. The Kier molecular flexibility index (Phi) is 9.78. The van der Waals surface area contributed by atoms with Crippen molar-refractivity contribution in [3.8, 4) is 17.2 Å². The number of carbonyl (C=O) groups excluding carboxylic acids is 1. The number of aromatic hydroxyl groups is 1. The van der Waals surface area contributed by atoms with Crippen molar-refractivity contribution in [2.45, 2.75) is 45.2 Å². The fourth-order valence-corrected chi connectivity index (χ4v) is 5.50. The Morgan fingerprint density at radius 3 is 2.44 bits per heavy atom. The zero-order valence-electron chi connectivity index (χ0n) is 24.5. The number of ether oxygens (including phenoxy) is 2. The summed E-state index contributed by atoms with van der Waals surface area (Å²) in [7, 11) is 1.57. The summed E-state index contributed by atoms with van der Waals surface area (Å²) >= 11 is 0. The Hall–Kier alpha value is -4.57. The normalized spacial score (nSPS) is 13.3. The van der Waals surface area contributed by atoms with Crippen LogP contribution in [0.4, 0.5) is 5.69 Å². The van der Waals surface area contributed by atoms with Gasteiger partial charge in [-0.05, 0) is 87.3 Å². The number of likely N-dealkylation sites (tertiary alicyclic amines) is 1. The number of anilines is 1. The van der Waals surface area contributed by atoms with E-state index >= 15 is 0 Å². The first-order chi connectivity index (χ1) is 20.9.